The van der Waals surface area contributed by atoms with Crippen molar-refractivity contribution >= 4 is 6.34 Å². The summed E-state index contributed by atoms with van der Waals surface area (Å²) in [5.74, 6) is 0. The van der Waals surface area contributed by atoms with E-state index < -0.39 is 0 Å². The number of hydrogen-bond donors (Lipinski definition) is 1. The molecular formula is C10H16N2. The van der Waals surface area contributed by atoms with Gasteiger partial charge >= 0.3 is 0 Å². The van der Waals surface area contributed by atoms with Gasteiger partial charge in [0, 0.05) is 12.0 Å². The van der Waals surface area contributed by atoms with E-state index in [1.54, 1.807) is 6.34 Å². The Balaban J connectivity index is 2.66. The Bertz CT molecular complexity index is 212. The van der Waals surface area contributed by atoms with Crippen molar-refractivity contribution < 1.29 is 0 Å². The van der Waals surface area contributed by atoms with Gasteiger partial charge in [-0.15, -0.1) is 0 Å². The fraction of sp³-hybridized carbons (Fsp3) is 0.500. The molecule has 0 aromatic carbocycles. The number of rotatable bonds is 0. The Morgan fingerprint density at radius 2 is 2.00 bits per heavy atom. The fourth-order valence-corrected chi connectivity index (χ4v) is 1.07. The number of hydrogen-bond acceptors (Lipinski definition) is 2. The molecule has 1 aliphatic heterocycles. The first-order chi connectivity index (χ1) is 5.71. The SMILES string of the molecule is CC1(C)C=CCNC=NC/C=C\1. The van der Waals surface area contributed by atoms with Crippen LogP contribution in [0.3, 0.4) is 0 Å². The first-order valence-corrected chi connectivity index (χ1v) is 4.28. The van der Waals surface area contributed by atoms with Crippen LogP contribution in [0.5, 0.6) is 0 Å². The zero-order valence-corrected chi connectivity index (χ0v) is 7.75. The first kappa shape index (κ1) is 9.04. The lowest BCUT2D eigenvalue weighted by molar-refractivity contribution is 0.621. The first-order valence-electron chi connectivity index (χ1n) is 4.28. The predicted molar refractivity (Wildman–Crippen MR) is 53.4 cm³/mol. The van der Waals surface area contributed by atoms with Crippen molar-refractivity contribution in [2.24, 2.45) is 10.4 Å². The van der Waals surface area contributed by atoms with Gasteiger partial charge in [0.1, 0.15) is 0 Å². The van der Waals surface area contributed by atoms with Gasteiger partial charge in [-0.1, -0.05) is 38.2 Å². The molecule has 1 heterocycles. The van der Waals surface area contributed by atoms with Crippen LogP contribution < -0.4 is 5.32 Å². The summed E-state index contributed by atoms with van der Waals surface area (Å²) in [4.78, 5) is 4.14. The highest BCUT2D eigenvalue weighted by molar-refractivity contribution is 5.54. The third-order valence-corrected chi connectivity index (χ3v) is 1.72. The molecule has 0 radical (unpaired) electrons. The fourth-order valence-electron chi connectivity index (χ4n) is 1.07. The standard InChI is InChI=1S/C10H16N2/c1-10(2)5-3-7-11-9-12-8-4-6-10/h3-6,9H,7-8H2,1-2H3,(H,11,12)/b5-3-,6-4?. The van der Waals surface area contributed by atoms with Gasteiger partial charge in [0.25, 0.3) is 0 Å². The van der Waals surface area contributed by atoms with Crippen molar-refractivity contribution in [3.05, 3.63) is 24.3 Å². The van der Waals surface area contributed by atoms with Gasteiger partial charge in [0.15, 0.2) is 0 Å². The highest BCUT2D eigenvalue weighted by Crippen LogP contribution is 2.18. The largest absolute Gasteiger partial charge is 0.373 e. The summed E-state index contributed by atoms with van der Waals surface area (Å²) in [5, 5.41) is 3.08. The summed E-state index contributed by atoms with van der Waals surface area (Å²) in [7, 11) is 0. The average molecular weight is 164 g/mol. The van der Waals surface area contributed by atoms with Crippen molar-refractivity contribution in [3.63, 3.8) is 0 Å². The second-order valence-corrected chi connectivity index (χ2v) is 3.53. The molecule has 1 rings (SSSR count). The Morgan fingerprint density at radius 1 is 1.25 bits per heavy atom. The minimum Gasteiger partial charge on any atom is -0.373 e. The second kappa shape index (κ2) is 4.10. The second-order valence-electron chi connectivity index (χ2n) is 3.53. The molecule has 0 saturated carbocycles. The van der Waals surface area contributed by atoms with Crippen LogP contribution >= 0.6 is 0 Å². The summed E-state index contributed by atoms with van der Waals surface area (Å²) in [6, 6.07) is 0. The van der Waals surface area contributed by atoms with E-state index in [1.807, 2.05) is 0 Å². The summed E-state index contributed by atoms with van der Waals surface area (Å²) in [6.07, 6.45) is 10.4. The van der Waals surface area contributed by atoms with Gasteiger partial charge in [-0.25, -0.2) is 0 Å². The molecule has 66 valence electrons. The highest BCUT2D eigenvalue weighted by Gasteiger charge is 2.07. The molecule has 0 bridgehead atoms. The molecule has 2 heteroatoms. The Morgan fingerprint density at radius 3 is 2.83 bits per heavy atom. The van der Waals surface area contributed by atoms with Crippen LogP contribution in [-0.4, -0.2) is 19.4 Å². The lowest BCUT2D eigenvalue weighted by atomic mass is 9.92. The third-order valence-electron chi connectivity index (χ3n) is 1.72. The maximum atomic E-state index is 4.14. The molecule has 2 nitrogen and oxygen atoms in total. The summed E-state index contributed by atoms with van der Waals surface area (Å²) >= 11 is 0. The van der Waals surface area contributed by atoms with Gasteiger partial charge in [0.05, 0.1) is 12.9 Å². The summed E-state index contributed by atoms with van der Waals surface area (Å²) in [6.45, 7) is 6.00. The van der Waals surface area contributed by atoms with Gasteiger partial charge in [-0.2, -0.15) is 0 Å². The van der Waals surface area contributed by atoms with Crippen LogP contribution in [-0.2, 0) is 0 Å². The lowest BCUT2D eigenvalue weighted by Crippen LogP contribution is -2.13. The van der Waals surface area contributed by atoms with E-state index in [9.17, 15) is 0 Å². The van der Waals surface area contributed by atoms with Crippen LogP contribution in [0.2, 0.25) is 0 Å². The van der Waals surface area contributed by atoms with Gasteiger partial charge in [-0.3, -0.25) is 4.99 Å². The van der Waals surface area contributed by atoms with Crippen molar-refractivity contribution in [2.45, 2.75) is 13.8 Å². The molecular weight excluding hydrogens is 148 g/mol. The van der Waals surface area contributed by atoms with Gasteiger partial charge in [0.2, 0.25) is 0 Å². The highest BCUT2D eigenvalue weighted by atomic mass is 14.9. The van der Waals surface area contributed by atoms with E-state index >= 15 is 0 Å². The molecule has 0 unspecified atom stereocenters. The Hall–Kier alpha value is -1.05. The van der Waals surface area contributed by atoms with Crippen LogP contribution in [0, 0.1) is 5.41 Å². The molecule has 0 fully saturated rings. The van der Waals surface area contributed by atoms with Gasteiger partial charge in [-0.05, 0) is 0 Å². The smallest absolute Gasteiger partial charge is 0.0830 e. The molecule has 1 N–H and O–H groups in total. The van der Waals surface area contributed by atoms with Crippen molar-refractivity contribution in [1.29, 1.82) is 0 Å². The van der Waals surface area contributed by atoms with Crippen LogP contribution in [0.1, 0.15) is 13.8 Å². The quantitative estimate of drug-likeness (QED) is 0.542. The van der Waals surface area contributed by atoms with E-state index in [1.165, 1.54) is 0 Å². The van der Waals surface area contributed by atoms with Crippen LogP contribution in [0.4, 0.5) is 0 Å². The maximum Gasteiger partial charge on any atom is 0.0830 e. The molecule has 0 aliphatic carbocycles. The molecule has 0 saturated heterocycles. The Kier molecular flexibility index (Phi) is 3.09. The molecule has 1 aliphatic rings. The zero-order chi connectivity index (χ0) is 8.86. The third kappa shape index (κ3) is 3.37. The van der Waals surface area contributed by atoms with Crippen LogP contribution in [0.25, 0.3) is 0 Å². The minimum atomic E-state index is 0.161. The summed E-state index contributed by atoms with van der Waals surface area (Å²) in [5.41, 5.74) is 0.161. The topological polar surface area (TPSA) is 24.4 Å². The predicted octanol–water partition coefficient (Wildman–Crippen LogP) is 1.76. The molecule has 12 heavy (non-hydrogen) atoms. The van der Waals surface area contributed by atoms with Crippen molar-refractivity contribution in [1.82, 2.24) is 5.32 Å². The molecule has 0 spiro atoms. The normalized spacial score (nSPS) is 24.5. The van der Waals surface area contributed by atoms with Crippen molar-refractivity contribution in [3.8, 4) is 0 Å². The molecule has 0 amide bonds. The van der Waals surface area contributed by atoms with Crippen LogP contribution in [0.15, 0.2) is 29.3 Å². The lowest BCUT2D eigenvalue weighted by Gasteiger charge is -2.14. The van der Waals surface area contributed by atoms with E-state index in [2.05, 4.69) is 48.5 Å². The number of aliphatic imine (C=N–C) groups is 1. The monoisotopic (exact) mass is 164 g/mol. The molecule has 0 aromatic heterocycles. The van der Waals surface area contributed by atoms with E-state index in [4.69, 9.17) is 0 Å². The van der Waals surface area contributed by atoms with E-state index in [0.717, 1.165) is 13.1 Å². The van der Waals surface area contributed by atoms with E-state index in [-0.39, 0.29) is 5.41 Å². The molecule has 0 atom stereocenters. The number of nitrogens with zero attached hydrogens (tertiary/aromatic N) is 1. The maximum absolute atomic E-state index is 4.14. The summed E-state index contributed by atoms with van der Waals surface area (Å²) < 4.78 is 0. The van der Waals surface area contributed by atoms with Crippen molar-refractivity contribution in [2.75, 3.05) is 13.1 Å². The number of nitrogens with one attached hydrogen (secondary N) is 1. The van der Waals surface area contributed by atoms with Gasteiger partial charge < -0.3 is 5.32 Å². The Labute approximate surface area is 74.1 Å². The van der Waals surface area contributed by atoms with E-state index in [0.29, 0.717) is 0 Å². The zero-order valence-electron chi connectivity index (χ0n) is 7.75. The number of allylic oxidation sites excluding steroid dienone is 2. The average Bonchev–Trinajstić information content (AvgIpc) is 2.02. The molecule has 0 aromatic rings. The minimum absolute atomic E-state index is 0.161.